The Bertz CT molecular complexity index is 1660. The Hall–Kier alpha value is -4.69. The first-order valence-corrected chi connectivity index (χ1v) is 11.6. The highest BCUT2D eigenvalue weighted by Crippen LogP contribution is 2.33. The standard InChI is InChI=1S/C28H19ClN2O6/c1-15(25(32)30-17-12-13-21(29)20(14-17)27(33)34)36-28(35)19-9-5-7-16-6-4-8-18(24(16)19)26-31-22-10-2-3-11-23(22)37-26/h2-15H,1H3,(H,30,32)(H,33,34). The van der Waals surface area contributed by atoms with E-state index in [1.807, 2.05) is 42.5 Å². The number of rotatable bonds is 6. The summed E-state index contributed by atoms with van der Waals surface area (Å²) in [4.78, 5) is 41.8. The summed E-state index contributed by atoms with van der Waals surface area (Å²) in [7, 11) is 0. The normalized spacial score (nSPS) is 11.8. The predicted molar refractivity (Wildman–Crippen MR) is 139 cm³/mol. The van der Waals surface area contributed by atoms with Gasteiger partial charge >= 0.3 is 11.9 Å². The van der Waals surface area contributed by atoms with Gasteiger partial charge in [-0.25, -0.2) is 14.6 Å². The highest BCUT2D eigenvalue weighted by molar-refractivity contribution is 6.33. The molecule has 0 saturated carbocycles. The number of esters is 1. The second-order valence-corrected chi connectivity index (χ2v) is 8.64. The van der Waals surface area contributed by atoms with E-state index in [-0.39, 0.29) is 21.8 Å². The summed E-state index contributed by atoms with van der Waals surface area (Å²) in [5, 5.41) is 13.2. The molecule has 4 aromatic carbocycles. The van der Waals surface area contributed by atoms with Crippen LogP contribution in [0.25, 0.3) is 33.3 Å². The summed E-state index contributed by atoms with van der Waals surface area (Å²) in [6.07, 6.45) is -1.18. The minimum absolute atomic E-state index is 0.0377. The number of halogens is 1. The van der Waals surface area contributed by atoms with Crippen LogP contribution in [-0.4, -0.2) is 34.0 Å². The van der Waals surface area contributed by atoms with Crippen molar-refractivity contribution in [3.05, 3.63) is 95.0 Å². The Balaban J connectivity index is 1.42. The number of anilines is 1. The van der Waals surface area contributed by atoms with Crippen LogP contribution in [0.1, 0.15) is 27.6 Å². The van der Waals surface area contributed by atoms with Crippen molar-refractivity contribution in [3.63, 3.8) is 0 Å². The molecule has 2 N–H and O–H groups in total. The van der Waals surface area contributed by atoms with Crippen LogP contribution in [0.3, 0.4) is 0 Å². The van der Waals surface area contributed by atoms with Gasteiger partial charge in [0.25, 0.3) is 5.91 Å². The van der Waals surface area contributed by atoms with Crippen molar-refractivity contribution in [1.29, 1.82) is 0 Å². The number of hydrogen-bond acceptors (Lipinski definition) is 6. The maximum Gasteiger partial charge on any atom is 0.339 e. The monoisotopic (exact) mass is 514 g/mol. The Morgan fingerprint density at radius 2 is 1.73 bits per heavy atom. The number of nitrogens with zero attached hydrogens (tertiary/aromatic N) is 1. The number of fused-ring (bicyclic) bond motifs is 2. The van der Waals surface area contributed by atoms with Crippen LogP contribution in [-0.2, 0) is 9.53 Å². The van der Waals surface area contributed by atoms with Crippen molar-refractivity contribution in [2.75, 3.05) is 5.32 Å². The molecule has 0 aliphatic rings. The number of ether oxygens (including phenoxy) is 1. The zero-order valence-corrected chi connectivity index (χ0v) is 20.2. The number of para-hydroxylation sites is 2. The van der Waals surface area contributed by atoms with Crippen molar-refractivity contribution >= 4 is 57.0 Å². The first kappa shape index (κ1) is 24.0. The molecule has 0 aliphatic carbocycles. The van der Waals surface area contributed by atoms with E-state index in [2.05, 4.69) is 10.3 Å². The molecule has 0 saturated heterocycles. The van der Waals surface area contributed by atoms with Crippen molar-refractivity contribution in [2.45, 2.75) is 13.0 Å². The molecule has 0 aliphatic heterocycles. The first-order valence-electron chi connectivity index (χ1n) is 11.2. The smallest absolute Gasteiger partial charge is 0.339 e. The van der Waals surface area contributed by atoms with Crippen LogP contribution < -0.4 is 5.32 Å². The molecular weight excluding hydrogens is 496 g/mol. The average Bonchev–Trinajstić information content (AvgIpc) is 3.33. The number of carbonyl (C=O) groups excluding carboxylic acids is 2. The van der Waals surface area contributed by atoms with Crippen LogP contribution in [0.2, 0.25) is 5.02 Å². The first-order chi connectivity index (χ1) is 17.8. The van der Waals surface area contributed by atoms with Crippen LogP contribution in [0.15, 0.2) is 83.3 Å². The maximum atomic E-state index is 13.2. The van der Waals surface area contributed by atoms with Crippen LogP contribution in [0.4, 0.5) is 5.69 Å². The quantitative estimate of drug-likeness (QED) is 0.259. The van der Waals surface area contributed by atoms with E-state index in [0.29, 0.717) is 27.9 Å². The number of hydrogen-bond donors (Lipinski definition) is 2. The molecule has 0 bridgehead atoms. The SMILES string of the molecule is CC(OC(=O)c1cccc2cccc(-c3nc4ccccc4o3)c12)C(=O)Nc1ccc(Cl)c(C(=O)O)c1. The summed E-state index contributed by atoms with van der Waals surface area (Å²) in [6, 6.07) is 22.1. The zero-order chi connectivity index (χ0) is 26.1. The Labute approximate surface area is 215 Å². The summed E-state index contributed by atoms with van der Waals surface area (Å²) in [5.41, 5.74) is 2.21. The minimum Gasteiger partial charge on any atom is -0.478 e. The molecule has 0 radical (unpaired) electrons. The van der Waals surface area contributed by atoms with E-state index < -0.39 is 23.9 Å². The minimum atomic E-state index is -1.23. The number of aromatic carboxylic acids is 1. The summed E-state index contributed by atoms with van der Waals surface area (Å²) in [6.45, 7) is 1.42. The highest BCUT2D eigenvalue weighted by Gasteiger charge is 2.23. The number of carboxylic acid groups (broad SMARTS) is 1. The van der Waals surface area contributed by atoms with E-state index in [1.165, 1.54) is 25.1 Å². The Morgan fingerprint density at radius 1 is 0.973 bits per heavy atom. The molecule has 1 atom stereocenters. The van der Waals surface area contributed by atoms with E-state index in [0.717, 1.165) is 5.39 Å². The van der Waals surface area contributed by atoms with Gasteiger partial charge in [0.15, 0.2) is 11.7 Å². The van der Waals surface area contributed by atoms with Gasteiger partial charge in [0.1, 0.15) is 5.52 Å². The molecule has 1 amide bonds. The Kier molecular flexibility index (Phi) is 6.33. The second-order valence-electron chi connectivity index (χ2n) is 8.23. The third kappa shape index (κ3) is 4.74. The predicted octanol–water partition coefficient (Wildman–Crippen LogP) is 6.18. The highest BCUT2D eigenvalue weighted by atomic mass is 35.5. The van der Waals surface area contributed by atoms with Crippen molar-refractivity contribution in [3.8, 4) is 11.5 Å². The number of benzene rings is 4. The number of nitrogens with one attached hydrogen (secondary N) is 1. The fraction of sp³-hybridized carbons (Fsp3) is 0.0714. The van der Waals surface area contributed by atoms with Gasteiger partial charge < -0.3 is 19.6 Å². The average molecular weight is 515 g/mol. The molecule has 1 unspecified atom stereocenters. The summed E-state index contributed by atoms with van der Waals surface area (Å²) < 4.78 is 11.4. The van der Waals surface area contributed by atoms with Gasteiger partial charge in [-0.3, -0.25) is 4.79 Å². The molecule has 8 nitrogen and oxygen atoms in total. The molecular formula is C28H19ClN2O6. The van der Waals surface area contributed by atoms with Crippen LogP contribution >= 0.6 is 11.6 Å². The fourth-order valence-electron chi connectivity index (χ4n) is 3.97. The molecule has 5 aromatic rings. The van der Waals surface area contributed by atoms with Gasteiger partial charge in [0.05, 0.1) is 16.1 Å². The topological polar surface area (TPSA) is 119 Å². The third-order valence-electron chi connectivity index (χ3n) is 5.77. The zero-order valence-electron chi connectivity index (χ0n) is 19.4. The molecule has 0 fully saturated rings. The number of carboxylic acids is 1. The van der Waals surface area contributed by atoms with E-state index >= 15 is 0 Å². The Morgan fingerprint density at radius 3 is 2.49 bits per heavy atom. The molecule has 37 heavy (non-hydrogen) atoms. The van der Waals surface area contributed by atoms with Crippen molar-refractivity contribution in [1.82, 2.24) is 4.98 Å². The molecule has 184 valence electrons. The summed E-state index contributed by atoms with van der Waals surface area (Å²) in [5.74, 6) is -2.22. The van der Waals surface area contributed by atoms with Gasteiger partial charge in [-0.05, 0) is 54.8 Å². The lowest BCUT2D eigenvalue weighted by Gasteiger charge is -2.15. The van der Waals surface area contributed by atoms with Gasteiger partial charge in [0.2, 0.25) is 5.89 Å². The molecule has 5 rings (SSSR count). The second kappa shape index (κ2) is 9.75. The number of oxazole rings is 1. The maximum absolute atomic E-state index is 13.2. The molecule has 1 heterocycles. The van der Waals surface area contributed by atoms with Crippen molar-refractivity contribution in [2.24, 2.45) is 0 Å². The molecule has 1 aromatic heterocycles. The van der Waals surface area contributed by atoms with Gasteiger partial charge in [-0.1, -0.05) is 48.0 Å². The largest absolute Gasteiger partial charge is 0.478 e. The van der Waals surface area contributed by atoms with Gasteiger partial charge in [0, 0.05) is 16.6 Å². The van der Waals surface area contributed by atoms with E-state index in [4.69, 9.17) is 20.8 Å². The number of aromatic nitrogens is 1. The lowest BCUT2D eigenvalue weighted by atomic mass is 9.99. The van der Waals surface area contributed by atoms with Gasteiger partial charge in [-0.2, -0.15) is 0 Å². The fourth-order valence-corrected chi connectivity index (χ4v) is 4.16. The molecule has 9 heteroatoms. The lowest BCUT2D eigenvalue weighted by Crippen LogP contribution is -2.30. The van der Waals surface area contributed by atoms with Crippen LogP contribution in [0, 0.1) is 0 Å². The van der Waals surface area contributed by atoms with Crippen LogP contribution in [0.5, 0.6) is 0 Å². The van der Waals surface area contributed by atoms with Gasteiger partial charge in [-0.15, -0.1) is 0 Å². The number of amides is 1. The molecule has 0 spiro atoms. The lowest BCUT2D eigenvalue weighted by molar-refractivity contribution is -0.123. The third-order valence-corrected chi connectivity index (χ3v) is 6.10. The van der Waals surface area contributed by atoms with Crippen molar-refractivity contribution < 1.29 is 28.6 Å². The van der Waals surface area contributed by atoms with E-state index in [9.17, 15) is 19.5 Å². The summed E-state index contributed by atoms with van der Waals surface area (Å²) >= 11 is 5.88. The van der Waals surface area contributed by atoms with E-state index in [1.54, 1.807) is 18.2 Å². The number of carbonyl (C=O) groups is 3.